The van der Waals surface area contributed by atoms with Crippen LogP contribution in [0.25, 0.3) is 0 Å². The van der Waals surface area contributed by atoms with E-state index in [0.29, 0.717) is 6.42 Å². The third-order valence-corrected chi connectivity index (χ3v) is 8.67. The van der Waals surface area contributed by atoms with E-state index in [1.165, 1.54) is 0 Å². The Hall–Kier alpha value is 0.357. The van der Waals surface area contributed by atoms with Crippen LogP contribution in [-0.2, 0) is 4.43 Å². The molecule has 1 rings (SSSR count). The summed E-state index contributed by atoms with van der Waals surface area (Å²) in [6.45, 7) is 11.1. The van der Waals surface area contributed by atoms with Crippen molar-refractivity contribution < 1.29 is 9.53 Å². The molecule has 15 heavy (non-hydrogen) atoms. The molecule has 0 amide bonds. The van der Waals surface area contributed by atoms with E-state index < -0.39 is 8.32 Å². The van der Waals surface area contributed by atoms with Crippen LogP contribution in [0.15, 0.2) is 10.6 Å². The summed E-state index contributed by atoms with van der Waals surface area (Å²) in [5.74, 6) is 0. The molecular weight excluding hydrogens is 272 g/mol. The van der Waals surface area contributed by atoms with Gasteiger partial charge in [0.1, 0.15) is 0 Å². The predicted octanol–water partition coefficient (Wildman–Crippen LogP) is 3.42. The van der Waals surface area contributed by atoms with Crippen LogP contribution in [0.3, 0.4) is 0 Å². The van der Waals surface area contributed by atoms with Crippen LogP contribution in [0.5, 0.6) is 0 Å². The zero-order valence-electron chi connectivity index (χ0n) is 10.2. The third-order valence-electron chi connectivity index (χ3n) is 3.37. The molecule has 0 bridgehead atoms. The number of hydrogen-bond donors (Lipinski definition) is 1. The molecule has 0 saturated heterocycles. The summed E-state index contributed by atoms with van der Waals surface area (Å²) in [7, 11) is -1.71. The number of aliphatic hydroxyl groups excluding tert-OH is 1. The van der Waals surface area contributed by atoms with Crippen molar-refractivity contribution in [2.24, 2.45) is 0 Å². The average Bonchev–Trinajstić information content (AvgIpc) is 2.27. The van der Waals surface area contributed by atoms with Gasteiger partial charge in [0.05, 0.1) is 12.2 Å². The maximum Gasteiger partial charge on any atom is 0.192 e. The van der Waals surface area contributed by atoms with E-state index in [-0.39, 0.29) is 17.2 Å². The smallest absolute Gasteiger partial charge is 0.192 e. The Kier molecular flexibility index (Phi) is 3.86. The Morgan fingerprint density at radius 3 is 2.33 bits per heavy atom. The normalized spacial score (nSPS) is 28.1. The van der Waals surface area contributed by atoms with Crippen LogP contribution >= 0.6 is 15.9 Å². The highest BCUT2D eigenvalue weighted by molar-refractivity contribution is 9.11. The van der Waals surface area contributed by atoms with Crippen LogP contribution in [0.1, 0.15) is 27.2 Å². The molecule has 0 aromatic rings. The fourth-order valence-electron chi connectivity index (χ4n) is 1.33. The Morgan fingerprint density at radius 1 is 1.47 bits per heavy atom. The standard InChI is InChI=1S/C11H21BrO2Si/c1-11(2,3)15(4,5)14-8-6-9(12)10(13)7-8/h6,8,10,13H,7H2,1-5H3/t8-,10+/m1/s1. The zero-order chi connectivity index (χ0) is 11.9. The molecule has 88 valence electrons. The molecule has 0 unspecified atom stereocenters. The van der Waals surface area contributed by atoms with E-state index in [1.807, 2.05) is 6.08 Å². The van der Waals surface area contributed by atoms with Gasteiger partial charge in [-0.15, -0.1) is 0 Å². The van der Waals surface area contributed by atoms with Crippen molar-refractivity contribution in [1.29, 1.82) is 0 Å². The summed E-state index contributed by atoms with van der Waals surface area (Å²) in [6.07, 6.45) is 2.38. The fourth-order valence-corrected chi connectivity index (χ4v) is 3.08. The Morgan fingerprint density at radius 2 is 2.00 bits per heavy atom. The predicted molar refractivity (Wildman–Crippen MR) is 69.7 cm³/mol. The maximum atomic E-state index is 9.59. The lowest BCUT2D eigenvalue weighted by Gasteiger charge is -2.38. The minimum atomic E-state index is -1.71. The summed E-state index contributed by atoms with van der Waals surface area (Å²) >= 11 is 3.35. The van der Waals surface area contributed by atoms with E-state index in [1.54, 1.807) is 0 Å². The number of rotatable bonds is 2. The molecule has 0 radical (unpaired) electrons. The van der Waals surface area contributed by atoms with Gasteiger partial charge in [0.2, 0.25) is 0 Å². The van der Waals surface area contributed by atoms with Gasteiger partial charge in [-0.25, -0.2) is 0 Å². The second kappa shape index (κ2) is 4.32. The first kappa shape index (κ1) is 13.4. The van der Waals surface area contributed by atoms with Crippen molar-refractivity contribution in [2.45, 2.75) is 57.5 Å². The van der Waals surface area contributed by atoms with Gasteiger partial charge in [0, 0.05) is 10.9 Å². The van der Waals surface area contributed by atoms with E-state index in [9.17, 15) is 5.11 Å². The lowest BCUT2D eigenvalue weighted by Crippen LogP contribution is -2.43. The molecule has 0 fully saturated rings. The first-order valence-corrected chi connectivity index (χ1v) is 9.07. The minimum absolute atomic E-state index is 0.0790. The molecule has 0 aromatic heterocycles. The molecule has 0 saturated carbocycles. The van der Waals surface area contributed by atoms with Crippen LogP contribution in [0.4, 0.5) is 0 Å². The van der Waals surface area contributed by atoms with Gasteiger partial charge < -0.3 is 9.53 Å². The average molecular weight is 293 g/mol. The molecule has 1 aliphatic rings. The number of aliphatic hydroxyl groups is 1. The molecule has 1 aliphatic carbocycles. The van der Waals surface area contributed by atoms with Gasteiger partial charge >= 0.3 is 0 Å². The fraction of sp³-hybridized carbons (Fsp3) is 0.818. The molecule has 1 N–H and O–H groups in total. The Balaban J connectivity index is 2.65. The van der Waals surface area contributed by atoms with Gasteiger partial charge in [0.15, 0.2) is 8.32 Å². The molecule has 2 atom stereocenters. The van der Waals surface area contributed by atoms with Crippen LogP contribution in [-0.4, -0.2) is 25.6 Å². The molecule has 0 spiro atoms. The van der Waals surface area contributed by atoms with E-state index in [2.05, 4.69) is 49.8 Å². The van der Waals surface area contributed by atoms with Gasteiger partial charge in [-0.1, -0.05) is 36.7 Å². The summed E-state index contributed by atoms with van der Waals surface area (Å²) in [5.41, 5.74) is 0. The van der Waals surface area contributed by atoms with Crippen molar-refractivity contribution in [3.63, 3.8) is 0 Å². The highest BCUT2D eigenvalue weighted by Crippen LogP contribution is 2.39. The minimum Gasteiger partial charge on any atom is -0.410 e. The summed E-state index contributed by atoms with van der Waals surface area (Å²) < 4.78 is 7.04. The van der Waals surface area contributed by atoms with Crippen molar-refractivity contribution >= 4 is 24.2 Å². The molecular formula is C11H21BrO2Si. The Labute approximate surface area is 102 Å². The molecule has 0 aliphatic heterocycles. The third kappa shape index (κ3) is 3.16. The topological polar surface area (TPSA) is 29.5 Å². The Bertz CT molecular complexity index is 268. The largest absolute Gasteiger partial charge is 0.410 e. The number of halogens is 1. The first-order chi connectivity index (χ1) is 6.63. The second-order valence-corrected chi connectivity index (χ2v) is 11.4. The van der Waals surface area contributed by atoms with Crippen molar-refractivity contribution in [3.8, 4) is 0 Å². The van der Waals surface area contributed by atoms with E-state index in [0.717, 1.165) is 4.48 Å². The van der Waals surface area contributed by atoms with E-state index >= 15 is 0 Å². The second-order valence-electron chi connectivity index (χ2n) is 5.72. The van der Waals surface area contributed by atoms with Crippen molar-refractivity contribution in [1.82, 2.24) is 0 Å². The monoisotopic (exact) mass is 292 g/mol. The zero-order valence-corrected chi connectivity index (χ0v) is 12.8. The molecule has 0 aromatic carbocycles. The van der Waals surface area contributed by atoms with Crippen LogP contribution < -0.4 is 0 Å². The summed E-state index contributed by atoms with van der Waals surface area (Å²) in [4.78, 5) is 0. The highest BCUT2D eigenvalue weighted by Gasteiger charge is 2.40. The molecule has 4 heteroatoms. The van der Waals surface area contributed by atoms with Gasteiger partial charge in [-0.3, -0.25) is 0 Å². The SMILES string of the molecule is CC(C)(C)[Si](C)(C)O[C@@H]1C=C(Br)[C@@H](O)C1. The maximum absolute atomic E-state index is 9.59. The van der Waals surface area contributed by atoms with Crippen LogP contribution in [0.2, 0.25) is 18.1 Å². The highest BCUT2D eigenvalue weighted by atomic mass is 79.9. The van der Waals surface area contributed by atoms with Gasteiger partial charge in [-0.2, -0.15) is 0 Å². The summed E-state index contributed by atoms with van der Waals surface area (Å²) in [6, 6.07) is 0. The lowest BCUT2D eigenvalue weighted by molar-refractivity contribution is 0.154. The van der Waals surface area contributed by atoms with E-state index in [4.69, 9.17) is 4.43 Å². The first-order valence-electron chi connectivity index (χ1n) is 5.36. The molecule has 0 heterocycles. The number of hydrogen-bond acceptors (Lipinski definition) is 2. The summed E-state index contributed by atoms with van der Waals surface area (Å²) in [5, 5.41) is 9.81. The lowest BCUT2D eigenvalue weighted by atomic mass is 10.2. The van der Waals surface area contributed by atoms with Crippen LogP contribution in [0, 0.1) is 0 Å². The van der Waals surface area contributed by atoms with Crippen molar-refractivity contribution in [2.75, 3.05) is 0 Å². The molecule has 2 nitrogen and oxygen atoms in total. The van der Waals surface area contributed by atoms with Gasteiger partial charge in [-0.05, 0) is 24.2 Å². The quantitative estimate of drug-likeness (QED) is 0.791. The van der Waals surface area contributed by atoms with Gasteiger partial charge in [0.25, 0.3) is 0 Å². The van der Waals surface area contributed by atoms with Crippen molar-refractivity contribution in [3.05, 3.63) is 10.6 Å².